The van der Waals surface area contributed by atoms with E-state index < -0.39 is 0 Å². The fourth-order valence-corrected chi connectivity index (χ4v) is 3.44. The third-order valence-corrected chi connectivity index (χ3v) is 4.39. The number of hydrogen-bond acceptors (Lipinski definition) is 4. The molecule has 1 unspecified atom stereocenters. The zero-order valence-electron chi connectivity index (χ0n) is 10.3. The molecule has 2 heterocycles. The molecule has 3 nitrogen and oxygen atoms in total. The second-order valence-corrected chi connectivity index (χ2v) is 5.73. The number of fused-ring (bicyclic) bond motifs is 1. The Hall–Kier alpha value is -1.26. The van der Waals surface area contributed by atoms with Gasteiger partial charge in [0, 0.05) is 23.4 Å². The second-order valence-electron chi connectivity index (χ2n) is 4.58. The number of likely N-dealkylation sites (N-methyl/N-ethyl adjacent to an activating group) is 1. The number of nitrogens with zero attached hydrogens (tertiary/aromatic N) is 1. The van der Waals surface area contributed by atoms with Gasteiger partial charge in [0.1, 0.15) is 5.58 Å². The van der Waals surface area contributed by atoms with Crippen molar-refractivity contribution in [2.45, 2.75) is 6.04 Å². The van der Waals surface area contributed by atoms with E-state index in [-0.39, 0.29) is 11.8 Å². The molecular weight excluding hydrogens is 246 g/mol. The van der Waals surface area contributed by atoms with Crippen molar-refractivity contribution < 1.29 is 9.21 Å². The highest BCUT2D eigenvalue weighted by Gasteiger charge is 2.29. The Morgan fingerprint density at radius 3 is 3.06 bits per heavy atom. The third kappa shape index (κ3) is 2.06. The van der Waals surface area contributed by atoms with Crippen LogP contribution < -0.4 is 0 Å². The molecule has 0 bridgehead atoms. The molecule has 0 saturated carbocycles. The molecule has 1 aromatic heterocycles. The first-order valence-corrected chi connectivity index (χ1v) is 7.22. The molecule has 0 N–H and O–H groups in total. The highest BCUT2D eigenvalue weighted by atomic mass is 32.2. The molecular formula is C14H15NO2S. The van der Waals surface area contributed by atoms with Gasteiger partial charge in [-0.3, -0.25) is 9.69 Å². The van der Waals surface area contributed by atoms with Gasteiger partial charge in [-0.2, -0.15) is 11.8 Å². The van der Waals surface area contributed by atoms with Crippen LogP contribution in [0.5, 0.6) is 0 Å². The molecule has 0 spiro atoms. The van der Waals surface area contributed by atoms with Gasteiger partial charge in [-0.1, -0.05) is 18.2 Å². The first-order chi connectivity index (χ1) is 8.75. The molecule has 94 valence electrons. The highest BCUT2D eigenvalue weighted by molar-refractivity contribution is 7.99. The van der Waals surface area contributed by atoms with Crippen LogP contribution in [-0.2, 0) is 0 Å². The molecule has 3 rings (SSSR count). The lowest BCUT2D eigenvalue weighted by Gasteiger charge is -2.30. The van der Waals surface area contributed by atoms with Crippen molar-refractivity contribution in [2.75, 3.05) is 25.1 Å². The van der Waals surface area contributed by atoms with Gasteiger partial charge in [0.15, 0.2) is 5.76 Å². The molecule has 18 heavy (non-hydrogen) atoms. The number of furan rings is 1. The maximum absolute atomic E-state index is 12.4. The average Bonchev–Trinajstić information content (AvgIpc) is 2.82. The number of carbonyl (C=O) groups excluding carboxylic acids is 1. The van der Waals surface area contributed by atoms with Crippen molar-refractivity contribution in [3.8, 4) is 0 Å². The normalized spacial score (nSPS) is 21.3. The summed E-state index contributed by atoms with van der Waals surface area (Å²) in [5.74, 6) is 2.53. The number of hydrogen-bond donors (Lipinski definition) is 0. The Morgan fingerprint density at radius 1 is 1.44 bits per heavy atom. The van der Waals surface area contributed by atoms with E-state index in [9.17, 15) is 4.79 Å². The number of ketones is 1. The smallest absolute Gasteiger partial charge is 0.215 e. The summed E-state index contributed by atoms with van der Waals surface area (Å²) in [6.07, 6.45) is 0. The molecule has 0 aliphatic carbocycles. The average molecular weight is 261 g/mol. The summed E-state index contributed by atoms with van der Waals surface area (Å²) >= 11 is 1.83. The summed E-state index contributed by atoms with van der Waals surface area (Å²) in [5.41, 5.74) is 0.784. The SMILES string of the molecule is CN1CCSCC1C(=O)c1cc2ccccc2o1. The van der Waals surface area contributed by atoms with Crippen molar-refractivity contribution in [1.82, 2.24) is 4.90 Å². The summed E-state index contributed by atoms with van der Waals surface area (Å²) in [4.78, 5) is 14.5. The molecule has 0 amide bonds. The number of carbonyl (C=O) groups is 1. The summed E-state index contributed by atoms with van der Waals surface area (Å²) < 4.78 is 5.65. The summed E-state index contributed by atoms with van der Waals surface area (Å²) in [5, 5.41) is 0.993. The zero-order valence-corrected chi connectivity index (χ0v) is 11.1. The van der Waals surface area contributed by atoms with Gasteiger partial charge in [0.2, 0.25) is 5.78 Å². The highest BCUT2D eigenvalue weighted by Crippen LogP contribution is 2.23. The third-order valence-electron chi connectivity index (χ3n) is 3.37. The van der Waals surface area contributed by atoms with Crippen LogP contribution in [0.4, 0.5) is 0 Å². The molecule has 1 saturated heterocycles. The molecule has 1 aromatic carbocycles. The van der Waals surface area contributed by atoms with Crippen molar-refractivity contribution in [3.05, 3.63) is 36.1 Å². The Bertz CT molecular complexity index is 545. The van der Waals surface area contributed by atoms with Crippen LogP contribution in [-0.4, -0.2) is 41.8 Å². The fourth-order valence-electron chi connectivity index (χ4n) is 2.23. The van der Waals surface area contributed by atoms with Gasteiger partial charge in [-0.05, 0) is 19.2 Å². The maximum atomic E-state index is 12.4. The minimum atomic E-state index is -0.0516. The van der Waals surface area contributed by atoms with Crippen LogP contribution in [0.25, 0.3) is 11.0 Å². The lowest BCUT2D eigenvalue weighted by atomic mass is 10.1. The molecule has 4 heteroatoms. The van der Waals surface area contributed by atoms with Crippen LogP contribution in [0.15, 0.2) is 34.7 Å². The molecule has 1 fully saturated rings. The fraction of sp³-hybridized carbons (Fsp3) is 0.357. The van der Waals surface area contributed by atoms with Crippen LogP contribution >= 0.6 is 11.8 Å². The van der Waals surface area contributed by atoms with Crippen LogP contribution in [0.2, 0.25) is 0 Å². The molecule has 1 aliphatic heterocycles. The first kappa shape index (κ1) is 11.8. The molecule has 0 radical (unpaired) electrons. The van der Waals surface area contributed by atoms with E-state index in [4.69, 9.17) is 4.42 Å². The first-order valence-electron chi connectivity index (χ1n) is 6.06. The van der Waals surface area contributed by atoms with Gasteiger partial charge in [0.25, 0.3) is 0 Å². The molecule has 2 aromatic rings. The van der Waals surface area contributed by atoms with E-state index >= 15 is 0 Å². The number of benzene rings is 1. The van der Waals surface area contributed by atoms with Gasteiger partial charge < -0.3 is 4.42 Å². The predicted octanol–water partition coefficient (Wildman–Crippen LogP) is 2.66. The monoisotopic (exact) mass is 261 g/mol. The van der Waals surface area contributed by atoms with E-state index in [1.165, 1.54) is 0 Å². The number of rotatable bonds is 2. The quantitative estimate of drug-likeness (QED) is 0.778. The van der Waals surface area contributed by atoms with Crippen molar-refractivity contribution in [1.29, 1.82) is 0 Å². The molecule has 1 aliphatic rings. The summed E-state index contributed by atoms with van der Waals surface area (Å²) in [7, 11) is 2.00. The molecule has 1 atom stereocenters. The maximum Gasteiger partial charge on any atom is 0.215 e. The summed E-state index contributed by atoms with van der Waals surface area (Å²) in [6, 6.07) is 9.53. The standard InChI is InChI=1S/C14H15NO2S/c1-15-6-7-18-9-11(15)14(16)13-8-10-4-2-3-5-12(10)17-13/h2-5,8,11H,6-7,9H2,1H3. The zero-order chi connectivity index (χ0) is 12.5. The van der Waals surface area contributed by atoms with Crippen molar-refractivity contribution >= 4 is 28.5 Å². The Kier molecular flexibility index (Phi) is 3.14. The van der Waals surface area contributed by atoms with Crippen LogP contribution in [0.3, 0.4) is 0 Å². The van der Waals surface area contributed by atoms with E-state index in [0.29, 0.717) is 5.76 Å². The van der Waals surface area contributed by atoms with Crippen molar-refractivity contribution in [3.63, 3.8) is 0 Å². The summed E-state index contributed by atoms with van der Waals surface area (Å²) in [6.45, 7) is 0.960. The Morgan fingerprint density at radius 2 is 2.28 bits per heavy atom. The number of thioether (sulfide) groups is 1. The Balaban J connectivity index is 1.91. The van der Waals surface area contributed by atoms with E-state index in [1.807, 2.05) is 49.1 Å². The van der Waals surface area contributed by atoms with Crippen LogP contribution in [0.1, 0.15) is 10.6 Å². The van der Waals surface area contributed by atoms with Gasteiger partial charge in [-0.25, -0.2) is 0 Å². The minimum absolute atomic E-state index is 0.0516. The van der Waals surface area contributed by atoms with Gasteiger partial charge in [0.05, 0.1) is 6.04 Å². The van der Waals surface area contributed by atoms with Crippen molar-refractivity contribution in [2.24, 2.45) is 0 Å². The second kappa shape index (κ2) is 4.78. The predicted molar refractivity (Wildman–Crippen MR) is 74.3 cm³/mol. The largest absolute Gasteiger partial charge is 0.453 e. The number of para-hydroxylation sites is 1. The van der Waals surface area contributed by atoms with Gasteiger partial charge in [-0.15, -0.1) is 0 Å². The van der Waals surface area contributed by atoms with E-state index in [2.05, 4.69) is 4.90 Å². The number of Topliss-reactive ketones (excluding diaryl/α,β-unsaturated/α-hetero) is 1. The lowest BCUT2D eigenvalue weighted by Crippen LogP contribution is -2.44. The lowest BCUT2D eigenvalue weighted by molar-refractivity contribution is 0.0848. The topological polar surface area (TPSA) is 33.5 Å². The Labute approximate surface area is 110 Å². The van der Waals surface area contributed by atoms with Gasteiger partial charge >= 0.3 is 0 Å². The van der Waals surface area contributed by atoms with E-state index in [1.54, 1.807) is 0 Å². The van der Waals surface area contributed by atoms with E-state index in [0.717, 1.165) is 29.0 Å². The minimum Gasteiger partial charge on any atom is -0.453 e. The van der Waals surface area contributed by atoms with Crippen LogP contribution in [0, 0.1) is 0 Å².